The second-order valence-electron chi connectivity index (χ2n) is 3.48. The van der Waals surface area contributed by atoms with Crippen molar-refractivity contribution < 1.29 is 10.1 Å². The molecule has 16 heavy (non-hydrogen) atoms. The highest BCUT2D eigenvalue weighted by molar-refractivity contribution is 5.35. The molecule has 1 N–H and O–H groups in total. The predicted molar refractivity (Wildman–Crippen MR) is 59.0 cm³/mol. The van der Waals surface area contributed by atoms with Gasteiger partial charge in [-0.1, -0.05) is 18.2 Å². The van der Waals surface area contributed by atoms with Crippen molar-refractivity contribution in [3.63, 3.8) is 0 Å². The largest absolute Gasteiger partial charge is 0.332 e. The molecule has 2 rings (SSSR count). The molecule has 0 fully saturated rings. The summed E-state index contributed by atoms with van der Waals surface area (Å²) >= 11 is 0. The number of benzene rings is 1. The molecule has 0 amide bonds. The minimum Gasteiger partial charge on any atom is -0.332 e. The molecule has 5 heteroatoms. The molecular weight excluding hydrogens is 208 g/mol. The van der Waals surface area contributed by atoms with Crippen molar-refractivity contribution in [2.75, 3.05) is 0 Å². The third kappa shape index (κ3) is 1.42. The van der Waals surface area contributed by atoms with Gasteiger partial charge in [-0.15, -0.1) is 0 Å². The maximum absolute atomic E-state index is 11.9. The van der Waals surface area contributed by atoms with Crippen molar-refractivity contribution in [3.05, 3.63) is 46.4 Å². The molecule has 84 valence electrons. The van der Waals surface area contributed by atoms with E-state index in [2.05, 4.69) is 4.89 Å². The minimum absolute atomic E-state index is 0.0497. The Hall–Kier alpha value is -2.01. The van der Waals surface area contributed by atoms with Crippen LogP contribution in [0.3, 0.4) is 0 Å². The molecule has 0 atom stereocenters. The maximum Gasteiger partial charge on any atom is 0.318 e. The van der Waals surface area contributed by atoms with Gasteiger partial charge in [0.1, 0.15) is 0 Å². The van der Waals surface area contributed by atoms with E-state index in [0.29, 0.717) is 5.69 Å². The molecule has 0 radical (unpaired) electrons. The number of rotatable bonds is 2. The van der Waals surface area contributed by atoms with E-state index in [0.717, 1.165) is 5.69 Å². The quantitative estimate of drug-likeness (QED) is 0.613. The highest BCUT2D eigenvalue weighted by atomic mass is 17.1. The van der Waals surface area contributed by atoms with Crippen molar-refractivity contribution in [1.29, 1.82) is 0 Å². The van der Waals surface area contributed by atoms with Crippen LogP contribution in [0.5, 0.6) is 5.75 Å². The Balaban J connectivity index is 2.72. The molecule has 0 aliphatic heterocycles. The smallest absolute Gasteiger partial charge is 0.318 e. The van der Waals surface area contributed by atoms with E-state index in [1.54, 1.807) is 18.7 Å². The van der Waals surface area contributed by atoms with Crippen molar-refractivity contribution in [2.24, 2.45) is 7.05 Å². The van der Waals surface area contributed by atoms with Crippen LogP contribution in [-0.4, -0.2) is 14.6 Å². The molecule has 0 unspecified atom stereocenters. The van der Waals surface area contributed by atoms with Crippen LogP contribution in [0.2, 0.25) is 0 Å². The van der Waals surface area contributed by atoms with Gasteiger partial charge < -0.3 is 4.89 Å². The molecule has 0 aliphatic carbocycles. The van der Waals surface area contributed by atoms with Crippen LogP contribution in [-0.2, 0) is 7.05 Å². The summed E-state index contributed by atoms with van der Waals surface area (Å²) in [5.41, 5.74) is 0.909. The van der Waals surface area contributed by atoms with E-state index in [4.69, 9.17) is 5.26 Å². The number of hydrogen-bond donors (Lipinski definition) is 1. The van der Waals surface area contributed by atoms with Crippen molar-refractivity contribution in [2.45, 2.75) is 6.92 Å². The lowest BCUT2D eigenvalue weighted by molar-refractivity contribution is -0.139. The zero-order valence-corrected chi connectivity index (χ0v) is 9.04. The minimum atomic E-state index is -0.381. The van der Waals surface area contributed by atoms with Crippen LogP contribution < -0.4 is 10.4 Å². The van der Waals surface area contributed by atoms with Gasteiger partial charge in [0, 0.05) is 7.05 Å². The summed E-state index contributed by atoms with van der Waals surface area (Å²) in [5, 5.41) is 8.66. The first-order chi connectivity index (χ1) is 7.66. The van der Waals surface area contributed by atoms with Gasteiger partial charge in [-0.25, -0.2) is 9.94 Å². The Morgan fingerprint density at radius 1 is 1.25 bits per heavy atom. The van der Waals surface area contributed by atoms with Crippen molar-refractivity contribution >= 4 is 0 Å². The average molecular weight is 220 g/mol. The second kappa shape index (κ2) is 3.86. The standard InChI is InChI=1S/C11H12N2O3/c1-8-10(16-15)11(14)13(12(8)2)9-6-4-3-5-7-9/h3-7,15H,1-2H3. The summed E-state index contributed by atoms with van der Waals surface area (Å²) in [6.07, 6.45) is 0. The third-order valence-electron chi connectivity index (χ3n) is 2.59. The fraction of sp³-hybridized carbons (Fsp3) is 0.182. The number of hydrogen-bond acceptors (Lipinski definition) is 3. The molecule has 2 aromatic rings. The van der Waals surface area contributed by atoms with Gasteiger partial charge >= 0.3 is 5.56 Å². The van der Waals surface area contributed by atoms with Gasteiger partial charge in [-0.05, 0) is 19.1 Å². The van der Waals surface area contributed by atoms with E-state index in [-0.39, 0.29) is 11.3 Å². The summed E-state index contributed by atoms with van der Waals surface area (Å²) < 4.78 is 3.06. The topological polar surface area (TPSA) is 56.4 Å². The molecule has 1 aromatic heterocycles. The van der Waals surface area contributed by atoms with Crippen LogP contribution in [0.15, 0.2) is 35.1 Å². The first-order valence-corrected chi connectivity index (χ1v) is 4.82. The third-order valence-corrected chi connectivity index (χ3v) is 2.59. The average Bonchev–Trinajstić information content (AvgIpc) is 2.51. The SMILES string of the molecule is Cc1c(OO)c(=O)n(-c2ccccc2)n1C. The summed E-state index contributed by atoms with van der Waals surface area (Å²) in [7, 11) is 1.73. The van der Waals surface area contributed by atoms with Crippen LogP contribution in [0.25, 0.3) is 5.69 Å². The summed E-state index contributed by atoms with van der Waals surface area (Å²) in [5.74, 6) is -0.0497. The molecule has 0 saturated heterocycles. The lowest BCUT2D eigenvalue weighted by atomic mass is 10.3. The fourth-order valence-corrected chi connectivity index (χ4v) is 1.65. The summed E-state index contributed by atoms with van der Waals surface area (Å²) in [6.45, 7) is 1.70. The molecule has 0 bridgehead atoms. The van der Waals surface area contributed by atoms with Crippen LogP contribution in [0, 0.1) is 6.92 Å². The van der Waals surface area contributed by atoms with Crippen LogP contribution >= 0.6 is 0 Å². The van der Waals surface area contributed by atoms with Crippen LogP contribution in [0.4, 0.5) is 0 Å². The van der Waals surface area contributed by atoms with Gasteiger partial charge in [-0.2, -0.15) is 0 Å². The molecule has 1 aromatic carbocycles. The normalized spacial score (nSPS) is 10.4. The highest BCUT2D eigenvalue weighted by Crippen LogP contribution is 2.14. The zero-order valence-electron chi connectivity index (χ0n) is 9.04. The molecule has 0 aliphatic rings. The fourth-order valence-electron chi connectivity index (χ4n) is 1.65. The molecule has 1 heterocycles. The second-order valence-corrected chi connectivity index (χ2v) is 3.48. The Morgan fingerprint density at radius 2 is 1.88 bits per heavy atom. The van der Waals surface area contributed by atoms with E-state index in [9.17, 15) is 4.79 Å². The zero-order chi connectivity index (χ0) is 11.7. The predicted octanol–water partition coefficient (Wildman–Crippen LogP) is 1.34. The van der Waals surface area contributed by atoms with E-state index in [1.807, 2.05) is 30.3 Å². The first-order valence-electron chi connectivity index (χ1n) is 4.82. The van der Waals surface area contributed by atoms with E-state index < -0.39 is 0 Å². The first kappa shape index (κ1) is 10.5. The number of para-hydroxylation sites is 1. The van der Waals surface area contributed by atoms with Gasteiger partial charge in [0.05, 0.1) is 11.4 Å². The number of nitrogens with zero attached hydrogens (tertiary/aromatic N) is 2. The maximum atomic E-state index is 11.9. The molecule has 0 saturated carbocycles. The number of aromatic nitrogens is 2. The summed E-state index contributed by atoms with van der Waals surface area (Å²) in [4.78, 5) is 16.0. The lowest BCUT2D eigenvalue weighted by Gasteiger charge is -2.06. The van der Waals surface area contributed by atoms with Gasteiger partial charge in [0.25, 0.3) is 5.75 Å². The van der Waals surface area contributed by atoms with E-state index >= 15 is 0 Å². The Morgan fingerprint density at radius 3 is 2.38 bits per heavy atom. The van der Waals surface area contributed by atoms with Crippen LogP contribution in [0.1, 0.15) is 5.69 Å². The lowest BCUT2D eigenvalue weighted by Crippen LogP contribution is -2.19. The summed E-state index contributed by atoms with van der Waals surface area (Å²) in [6, 6.07) is 9.16. The van der Waals surface area contributed by atoms with Crippen molar-refractivity contribution in [1.82, 2.24) is 9.36 Å². The van der Waals surface area contributed by atoms with Gasteiger partial charge in [-0.3, -0.25) is 9.48 Å². The van der Waals surface area contributed by atoms with Gasteiger partial charge in [0.15, 0.2) is 0 Å². The molecule has 0 spiro atoms. The Bertz CT molecular complexity index is 555. The van der Waals surface area contributed by atoms with Gasteiger partial charge in [0.2, 0.25) is 0 Å². The Kier molecular flexibility index (Phi) is 2.54. The van der Waals surface area contributed by atoms with E-state index in [1.165, 1.54) is 4.68 Å². The monoisotopic (exact) mass is 220 g/mol. The highest BCUT2D eigenvalue weighted by Gasteiger charge is 2.17. The Labute approximate surface area is 92.0 Å². The van der Waals surface area contributed by atoms with Crippen molar-refractivity contribution in [3.8, 4) is 11.4 Å². The molecule has 5 nitrogen and oxygen atoms in total. The molecular formula is C11H12N2O3.